The van der Waals surface area contributed by atoms with E-state index in [1.165, 1.54) is 4.09 Å². The predicted molar refractivity (Wildman–Crippen MR) is 110 cm³/mol. The fourth-order valence-corrected chi connectivity index (χ4v) is 4.51. The third kappa shape index (κ3) is 2.53. The lowest BCUT2D eigenvalue weighted by Crippen LogP contribution is -2.06. The second-order valence-electron chi connectivity index (χ2n) is 6.39. The first-order valence-corrected chi connectivity index (χ1v) is 9.82. The van der Waals surface area contributed by atoms with E-state index in [9.17, 15) is 9.47 Å². The summed E-state index contributed by atoms with van der Waals surface area (Å²) in [4.78, 5) is 3.87. The Hall–Kier alpha value is -3.69. The molecule has 6 heteroatoms. The zero-order valence-corrected chi connectivity index (χ0v) is 15.5. The van der Waals surface area contributed by atoms with E-state index < -0.39 is 11.0 Å². The Morgan fingerprint density at radius 2 is 1.86 bits per heavy atom. The number of aromatic nitrogens is 3. The Balaban J connectivity index is 1.76. The quantitative estimate of drug-likeness (QED) is 0.494. The Morgan fingerprint density at radius 1 is 1.00 bits per heavy atom. The lowest BCUT2D eigenvalue weighted by Gasteiger charge is -2.08. The number of hydrogen-bond acceptors (Lipinski definition) is 3. The number of fused-ring (bicyclic) bond motifs is 2. The number of H-pyrrole nitrogens is 1. The van der Waals surface area contributed by atoms with Crippen molar-refractivity contribution in [2.45, 2.75) is 4.90 Å². The van der Waals surface area contributed by atoms with E-state index in [1.807, 2.05) is 60.8 Å². The maximum atomic E-state index is 13.1. The highest BCUT2D eigenvalue weighted by Crippen LogP contribution is 2.32. The van der Waals surface area contributed by atoms with Crippen LogP contribution in [0, 0.1) is 11.3 Å². The molecule has 2 heterocycles. The number of hydrogen-bond donors (Lipinski definition) is 1. The summed E-state index contributed by atoms with van der Waals surface area (Å²) in [7, 11) is -1.49. The van der Waals surface area contributed by atoms with E-state index in [-0.39, 0.29) is 0 Å². The van der Waals surface area contributed by atoms with Crippen LogP contribution in [-0.4, -0.2) is 18.4 Å². The van der Waals surface area contributed by atoms with Crippen molar-refractivity contribution in [3.63, 3.8) is 0 Å². The maximum absolute atomic E-state index is 13.1. The van der Waals surface area contributed by atoms with Crippen molar-refractivity contribution in [2.75, 3.05) is 0 Å². The number of rotatable bonds is 3. The van der Waals surface area contributed by atoms with Gasteiger partial charge in [-0.1, -0.05) is 30.3 Å². The Labute approximate surface area is 163 Å². The highest BCUT2D eigenvalue weighted by Gasteiger charge is 2.16. The summed E-state index contributed by atoms with van der Waals surface area (Å²) >= 11 is 0. The third-order valence-electron chi connectivity index (χ3n) is 4.78. The fraction of sp³-hybridized carbons (Fsp3) is 0. The largest absolute Gasteiger partial charge is 0.361 e. The zero-order valence-electron chi connectivity index (χ0n) is 14.7. The highest BCUT2D eigenvalue weighted by molar-refractivity contribution is 7.83. The minimum atomic E-state index is -1.49. The van der Waals surface area contributed by atoms with Crippen molar-refractivity contribution in [1.29, 1.82) is 5.26 Å². The molecule has 1 unspecified atom stereocenters. The van der Waals surface area contributed by atoms with Crippen molar-refractivity contribution in [3.05, 3.63) is 84.7 Å². The van der Waals surface area contributed by atoms with Gasteiger partial charge in [0.2, 0.25) is 0 Å². The fourth-order valence-electron chi connectivity index (χ4n) is 3.46. The molecule has 3 aromatic carbocycles. The van der Waals surface area contributed by atoms with E-state index in [0.717, 1.165) is 22.0 Å². The number of nitrogens with zero attached hydrogens (tertiary/aromatic N) is 3. The van der Waals surface area contributed by atoms with Crippen LogP contribution >= 0.6 is 0 Å². The number of benzene rings is 3. The van der Waals surface area contributed by atoms with Gasteiger partial charge in [0.05, 0.1) is 28.2 Å². The van der Waals surface area contributed by atoms with Gasteiger partial charge in [-0.3, -0.25) is 0 Å². The van der Waals surface area contributed by atoms with E-state index in [2.05, 4.69) is 16.2 Å². The van der Waals surface area contributed by atoms with Crippen LogP contribution in [0.1, 0.15) is 5.56 Å². The van der Waals surface area contributed by atoms with Crippen molar-refractivity contribution < 1.29 is 4.21 Å². The van der Waals surface area contributed by atoms with Gasteiger partial charge in [0.15, 0.2) is 11.0 Å². The maximum Gasteiger partial charge on any atom is 0.173 e. The van der Waals surface area contributed by atoms with Gasteiger partial charge in [0.1, 0.15) is 0 Å². The molecule has 0 amide bonds. The number of aromatic amines is 1. The SMILES string of the molecule is N#Cc1cc(-c2cccc3[nH]ccc23)cc2c1cnn2S(=O)c1ccccc1. The molecule has 1 N–H and O–H groups in total. The molecular weight excluding hydrogens is 368 g/mol. The molecule has 0 bridgehead atoms. The molecule has 0 spiro atoms. The molecule has 5 rings (SSSR count). The predicted octanol–water partition coefficient (Wildman–Crippen LogP) is 4.63. The summed E-state index contributed by atoms with van der Waals surface area (Å²) < 4.78 is 14.5. The van der Waals surface area contributed by atoms with Gasteiger partial charge < -0.3 is 4.98 Å². The molecule has 5 nitrogen and oxygen atoms in total. The second-order valence-corrected chi connectivity index (χ2v) is 7.71. The van der Waals surface area contributed by atoms with Crippen LogP contribution in [-0.2, 0) is 11.0 Å². The number of nitrogens with one attached hydrogen (secondary N) is 1. The topological polar surface area (TPSA) is 74.5 Å². The van der Waals surface area contributed by atoms with Gasteiger partial charge in [-0.25, -0.2) is 4.21 Å². The van der Waals surface area contributed by atoms with Crippen molar-refractivity contribution >= 4 is 32.8 Å². The van der Waals surface area contributed by atoms with E-state index in [0.29, 0.717) is 21.4 Å². The molecule has 134 valence electrons. The smallest absolute Gasteiger partial charge is 0.173 e. The van der Waals surface area contributed by atoms with Crippen LogP contribution in [0.3, 0.4) is 0 Å². The summed E-state index contributed by atoms with van der Waals surface area (Å²) in [6.45, 7) is 0. The third-order valence-corrected chi connectivity index (χ3v) is 6.06. The first-order valence-electron chi connectivity index (χ1n) is 8.72. The Kier molecular flexibility index (Phi) is 3.81. The molecule has 0 aliphatic rings. The molecule has 0 saturated heterocycles. The molecule has 0 fully saturated rings. The lowest BCUT2D eigenvalue weighted by molar-refractivity contribution is 0.673. The van der Waals surface area contributed by atoms with Crippen LogP contribution in [0.25, 0.3) is 32.9 Å². The van der Waals surface area contributed by atoms with Crippen molar-refractivity contribution in [3.8, 4) is 17.2 Å². The summed E-state index contributed by atoms with van der Waals surface area (Å²) in [6, 6.07) is 23.3. The van der Waals surface area contributed by atoms with E-state index >= 15 is 0 Å². The molecule has 0 radical (unpaired) electrons. The van der Waals surface area contributed by atoms with Crippen LogP contribution in [0.4, 0.5) is 0 Å². The molecule has 0 aliphatic carbocycles. The molecular formula is C22H14N4OS. The van der Waals surface area contributed by atoms with E-state index in [4.69, 9.17) is 0 Å². The molecule has 28 heavy (non-hydrogen) atoms. The highest BCUT2D eigenvalue weighted by atomic mass is 32.2. The van der Waals surface area contributed by atoms with Crippen LogP contribution < -0.4 is 0 Å². The molecule has 0 saturated carbocycles. The standard InChI is InChI=1S/C22H14N4OS/c23-13-16-11-15(18-7-4-8-21-19(18)9-10-24-21)12-22-20(16)14-25-26(22)28(27)17-5-2-1-3-6-17/h1-12,14,24H. The van der Waals surface area contributed by atoms with Crippen LogP contribution in [0.5, 0.6) is 0 Å². The minimum absolute atomic E-state index is 0.511. The average Bonchev–Trinajstić information content (AvgIpc) is 3.40. The molecule has 1 atom stereocenters. The van der Waals surface area contributed by atoms with Crippen molar-refractivity contribution in [2.24, 2.45) is 0 Å². The van der Waals surface area contributed by atoms with Gasteiger partial charge in [-0.2, -0.15) is 14.4 Å². The Bertz CT molecular complexity index is 1390. The van der Waals surface area contributed by atoms with Gasteiger partial charge in [0, 0.05) is 22.5 Å². The molecule has 0 aliphatic heterocycles. The second kappa shape index (κ2) is 6.48. The van der Waals surface area contributed by atoms with Crippen LogP contribution in [0.15, 0.2) is 84.0 Å². The van der Waals surface area contributed by atoms with Gasteiger partial charge in [-0.15, -0.1) is 0 Å². The Morgan fingerprint density at radius 3 is 2.68 bits per heavy atom. The summed E-state index contributed by atoms with van der Waals surface area (Å²) in [5.41, 5.74) is 4.11. The van der Waals surface area contributed by atoms with Gasteiger partial charge >= 0.3 is 0 Å². The summed E-state index contributed by atoms with van der Waals surface area (Å²) in [5.74, 6) is 0. The summed E-state index contributed by atoms with van der Waals surface area (Å²) in [6.07, 6.45) is 3.50. The lowest BCUT2D eigenvalue weighted by atomic mass is 9.98. The van der Waals surface area contributed by atoms with Gasteiger partial charge in [-0.05, 0) is 47.5 Å². The number of nitriles is 1. The van der Waals surface area contributed by atoms with Gasteiger partial charge in [0.25, 0.3) is 0 Å². The van der Waals surface area contributed by atoms with Crippen LogP contribution in [0.2, 0.25) is 0 Å². The first-order chi connectivity index (χ1) is 13.8. The molecule has 2 aromatic heterocycles. The molecule has 5 aromatic rings. The zero-order chi connectivity index (χ0) is 19.1. The summed E-state index contributed by atoms with van der Waals surface area (Å²) in [5, 5.41) is 15.8. The normalized spacial score (nSPS) is 12.2. The minimum Gasteiger partial charge on any atom is -0.361 e. The monoisotopic (exact) mass is 382 g/mol. The van der Waals surface area contributed by atoms with Crippen molar-refractivity contribution in [1.82, 2.24) is 14.2 Å². The first kappa shape index (κ1) is 16.5. The van der Waals surface area contributed by atoms with E-state index in [1.54, 1.807) is 18.3 Å². The average molecular weight is 382 g/mol.